The minimum Gasteiger partial charge on any atom is -0.390 e. The van der Waals surface area contributed by atoms with E-state index in [-0.39, 0.29) is 0 Å². The predicted molar refractivity (Wildman–Crippen MR) is 62.1 cm³/mol. The summed E-state index contributed by atoms with van der Waals surface area (Å²) < 4.78 is 6.95. The van der Waals surface area contributed by atoms with Crippen molar-refractivity contribution >= 4 is 11.8 Å². The summed E-state index contributed by atoms with van der Waals surface area (Å²) in [7, 11) is 1.86. The van der Waals surface area contributed by atoms with Crippen LogP contribution in [0.3, 0.4) is 0 Å². The smallest absolute Gasteiger partial charge is 0.191 e. The molecule has 0 aliphatic carbocycles. The van der Waals surface area contributed by atoms with Crippen LogP contribution in [0.1, 0.15) is 12.7 Å². The van der Waals surface area contributed by atoms with E-state index in [4.69, 9.17) is 10.5 Å². The largest absolute Gasteiger partial charge is 0.390 e. The summed E-state index contributed by atoms with van der Waals surface area (Å²) >= 11 is 1.45. The third-order valence-electron chi connectivity index (χ3n) is 2.03. The standard InChI is InChI=1S/C9H18N4O2S/c1-3-15-5-7(14)6-16-9-12-11-8(4-10)13(9)2/h7,14H,3-6,10H2,1-2H3. The highest BCUT2D eigenvalue weighted by molar-refractivity contribution is 7.99. The Morgan fingerprint density at radius 3 is 2.88 bits per heavy atom. The van der Waals surface area contributed by atoms with E-state index in [9.17, 15) is 5.11 Å². The maximum Gasteiger partial charge on any atom is 0.191 e. The molecule has 1 unspecified atom stereocenters. The van der Waals surface area contributed by atoms with Crippen LogP contribution in [-0.4, -0.2) is 44.9 Å². The molecule has 0 amide bonds. The van der Waals surface area contributed by atoms with Crippen molar-refractivity contribution in [3.63, 3.8) is 0 Å². The topological polar surface area (TPSA) is 86.2 Å². The summed E-state index contributed by atoms with van der Waals surface area (Å²) in [6.45, 7) is 3.23. The van der Waals surface area contributed by atoms with Crippen molar-refractivity contribution in [2.75, 3.05) is 19.0 Å². The molecular formula is C9H18N4O2S. The highest BCUT2D eigenvalue weighted by Gasteiger charge is 2.10. The number of hydrogen-bond acceptors (Lipinski definition) is 6. The van der Waals surface area contributed by atoms with Crippen LogP contribution in [0.25, 0.3) is 0 Å². The Bertz CT molecular complexity index is 318. The lowest BCUT2D eigenvalue weighted by Gasteiger charge is -2.09. The molecule has 1 atom stereocenters. The predicted octanol–water partition coefficient (Wildman–Crippen LogP) is -0.237. The number of rotatable bonds is 7. The Balaban J connectivity index is 2.39. The molecule has 16 heavy (non-hydrogen) atoms. The third-order valence-corrected chi connectivity index (χ3v) is 3.19. The quantitative estimate of drug-likeness (QED) is 0.646. The van der Waals surface area contributed by atoms with E-state index in [2.05, 4.69) is 10.2 Å². The number of aromatic nitrogens is 3. The van der Waals surface area contributed by atoms with Gasteiger partial charge in [0, 0.05) is 19.4 Å². The van der Waals surface area contributed by atoms with Crippen molar-refractivity contribution in [1.82, 2.24) is 14.8 Å². The Morgan fingerprint density at radius 1 is 1.56 bits per heavy atom. The molecule has 0 bridgehead atoms. The van der Waals surface area contributed by atoms with Crippen molar-refractivity contribution in [2.24, 2.45) is 12.8 Å². The van der Waals surface area contributed by atoms with Gasteiger partial charge in [-0.25, -0.2) is 0 Å². The van der Waals surface area contributed by atoms with Gasteiger partial charge in [0.2, 0.25) is 0 Å². The first-order valence-corrected chi connectivity index (χ1v) is 6.14. The Labute approximate surface area is 99.2 Å². The zero-order valence-electron chi connectivity index (χ0n) is 9.59. The van der Waals surface area contributed by atoms with E-state index in [1.54, 1.807) is 0 Å². The number of thioether (sulfide) groups is 1. The summed E-state index contributed by atoms with van der Waals surface area (Å²) in [6, 6.07) is 0. The first-order chi connectivity index (χ1) is 7.69. The van der Waals surface area contributed by atoms with Crippen molar-refractivity contribution in [3.05, 3.63) is 5.82 Å². The van der Waals surface area contributed by atoms with Gasteiger partial charge in [-0.15, -0.1) is 10.2 Å². The average Bonchev–Trinajstić information content (AvgIpc) is 2.64. The SMILES string of the molecule is CCOCC(O)CSc1nnc(CN)n1C. The molecule has 1 rings (SSSR count). The zero-order chi connectivity index (χ0) is 12.0. The molecule has 0 radical (unpaired) electrons. The molecule has 7 heteroatoms. The minimum atomic E-state index is -0.483. The van der Waals surface area contributed by atoms with Crippen LogP contribution in [-0.2, 0) is 18.3 Å². The Kier molecular flexibility index (Phi) is 5.75. The molecule has 0 aliphatic rings. The Hall–Kier alpha value is -0.630. The zero-order valence-corrected chi connectivity index (χ0v) is 10.4. The fraction of sp³-hybridized carbons (Fsp3) is 0.778. The molecule has 1 aromatic rings. The molecule has 0 fully saturated rings. The van der Waals surface area contributed by atoms with Crippen LogP contribution in [0, 0.1) is 0 Å². The minimum absolute atomic E-state index is 0.352. The number of ether oxygens (including phenoxy) is 1. The number of hydrogen-bond donors (Lipinski definition) is 2. The third kappa shape index (κ3) is 3.75. The van der Waals surface area contributed by atoms with Gasteiger partial charge >= 0.3 is 0 Å². The van der Waals surface area contributed by atoms with Crippen molar-refractivity contribution in [2.45, 2.75) is 24.7 Å². The van der Waals surface area contributed by atoms with Crippen LogP contribution >= 0.6 is 11.8 Å². The molecule has 0 saturated carbocycles. The molecule has 0 saturated heterocycles. The van der Waals surface area contributed by atoms with E-state index < -0.39 is 6.10 Å². The van der Waals surface area contributed by atoms with E-state index in [1.165, 1.54) is 11.8 Å². The summed E-state index contributed by atoms with van der Waals surface area (Å²) in [5.41, 5.74) is 5.48. The second-order valence-electron chi connectivity index (χ2n) is 3.29. The van der Waals surface area contributed by atoms with Crippen LogP contribution in [0.4, 0.5) is 0 Å². The van der Waals surface area contributed by atoms with E-state index >= 15 is 0 Å². The van der Waals surface area contributed by atoms with Gasteiger partial charge < -0.3 is 20.1 Å². The van der Waals surface area contributed by atoms with E-state index in [0.29, 0.717) is 25.5 Å². The van der Waals surface area contributed by atoms with Crippen LogP contribution in [0.15, 0.2) is 5.16 Å². The molecule has 0 aliphatic heterocycles. The first-order valence-electron chi connectivity index (χ1n) is 5.16. The maximum absolute atomic E-state index is 9.57. The normalized spacial score (nSPS) is 13.0. The van der Waals surface area contributed by atoms with Gasteiger partial charge in [0.05, 0.1) is 19.3 Å². The second-order valence-corrected chi connectivity index (χ2v) is 4.27. The van der Waals surface area contributed by atoms with Crippen LogP contribution in [0.5, 0.6) is 0 Å². The molecule has 6 nitrogen and oxygen atoms in total. The molecule has 1 heterocycles. The number of aliphatic hydroxyl groups is 1. The van der Waals surface area contributed by atoms with Gasteiger partial charge in [-0.1, -0.05) is 11.8 Å². The lowest BCUT2D eigenvalue weighted by atomic mass is 10.4. The molecule has 0 aromatic carbocycles. The summed E-state index contributed by atoms with van der Waals surface area (Å²) in [5, 5.41) is 18.2. The highest BCUT2D eigenvalue weighted by atomic mass is 32.2. The molecule has 3 N–H and O–H groups in total. The number of nitrogens with two attached hydrogens (primary N) is 1. The van der Waals surface area contributed by atoms with Crippen LogP contribution in [0.2, 0.25) is 0 Å². The fourth-order valence-electron chi connectivity index (χ4n) is 1.12. The van der Waals surface area contributed by atoms with Crippen molar-refractivity contribution in [1.29, 1.82) is 0 Å². The molecule has 0 spiro atoms. The maximum atomic E-state index is 9.57. The molecule has 92 valence electrons. The van der Waals surface area contributed by atoms with Crippen molar-refractivity contribution in [3.8, 4) is 0 Å². The number of aliphatic hydroxyl groups excluding tert-OH is 1. The van der Waals surface area contributed by atoms with Gasteiger partial charge in [0.25, 0.3) is 0 Å². The van der Waals surface area contributed by atoms with E-state index in [1.807, 2.05) is 18.5 Å². The average molecular weight is 246 g/mol. The Morgan fingerprint density at radius 2 is 2.31 bits per heavy atom. The fourth-order valence-corrected chi connectivity index (χ4v) is 1.96. The highest BCUT2D eigenvalue weighted by Crippen LogP contribution is 2.16. The van der Waals surface area contributed by atoms with Gasteiger partial charge in [-0.05, 0) is 6.92 Å². The summed E-state index contributed by atoms with van der Waals surface area (Å²) in [4.78, 5) is 0. The molecule has 1 aromatic heterocycles. The lowest BCUT2D eigenvalue weighted by Crippen LogP contribution is -2.18. The van der Waals surface area contributed by atoms with Gasteiger partial charge in [-0.2, -0.15) is 0 Å². The van der Waals surface area contributed by atoms with Gasteiger partial charge in [-0.3, -0.25) is 0 Å². The monoisotopic (exact) mass is 246 g/mol. The van der Waals surface area contributed by atoms with E-state index in [0.717, 1.165) is 11.0 Å². The van der Waals surface area contributed by atoms with Crippen molar-refractivity contribution < 1.29 is 9.84 Å². The lowest BCUT2D eigenvalue weighted by molar-refractivity contribution is 0.0551. The summed E-state index contributed by atoms with van der Waals surface area (Å²) in [6.07, 6.45) is -0.483. The second kappa shape index (κ2) is 6.85. The van der Waals surface area contributed by atoms with Crippen LogP contribution < -0.4 is 5.73 Å². The van der Waals surface area contributed by atoms with Gasteiger partial charge in [0.1, 0.15) is 5.82 Å². The number of nitrogens with zero attached hydrogens (tertiary/aromatic N) is 3. The first kappa shape index (κ1) is 13.4. The molecular weight excluding hydrogens is 228 g/mol. The van der Waals surface area contributed by atoms with Gasteiger partial charge in [0.15, 0.2) is 5.16 Å². The summed E-state index contributed by atoms with van der Waals surface area (Å²) in [5.74, 6) is 1.28.